The molecule has 4 rings (SSSR count). The van der Waals surface area contributed by atoms with Crippen molar-refractivity contribution >= 4 is 11.6 Å². The molecule has 1 fully saturated rings. The molecular weight excluding hydrogens is 320 g/mol. The molecule has 0 radical (unpaired) electrons. The molecule has 2 aliphatic carbocycles. The fourth-order valence-corrected chi connectivity index (χ4v) is 4.32. The Morgan fingerprint density at radius 1 is 1.04 bits per heavy atom. The molecule has 26 heavy (non-hydrogen) atoms. The summed E-state index contributed by atoms with van der Waals surface area (Å²) in [5.41, 5.74) is 6.38. The lowest BCUT2D eigenvalue weighted by atomic mass is 9.89. The van der Waals surface area contributed by atoms with Crippen molar-refractivity contribution in [3.63, 3.8) is 0 Å². The van der Waals surface area contributed by atoms with E-state index in [1.165, 1.54) is 54.4 Å². The van der Waals surface area contributed by atoms with E-state index in [1.807, 2.05) is 6.92 Å². The third kappa shape index (κ3) is 3.62. The first-order valence-electron chi connectivity index (χ1n) is 9.96. The first kappa shape index (κ1) is 17.1. The normalized spacial score (nSPS) is 17.3. The van der Waals surface area contributed by atoms with Crippen molar-refractivity contribution in [2.45, 2.75) is 51.5 Å². The highest BCUT2D eigenvalue weighted by molar-refractivity contribution is 5.85. The summed E-state index contributed by atoms with van der Waals surface area (Å²) >= 11 is 0. The van der Waals surface area contributed by atoms with Gasteiger partial charge in [-0.1, -0.05) is 49.6 Å². The lowest BCUT2D eigenvalue weighted by Gasteiger charge is -2.23. The fraction of sp³-hybridized carbons (Fsp3) is 0.435. The number of carbonyl (C=O) groups is 1. The van der Waals surface area contributed by atoms with Crippen LogP contribution in [0.25, 0.3) is 11.1 Å². The van der Waals surface area contributed by atoms with Gasteiger partial charge in [-0.3, -0.25) is 4.79 Å². The molecular formula is C23H28N2O. The number of benzene rings is 2. The second kappa shape index (κ2) is 7.53. The predicted octanol–water partition coefficient (Wildman–Crippen LogP) is 4.75. The van der Waals surface area contributed by atoms with Gasteiger partial charge in [-0.05, 0) is 66.5 Å². The van der Waals surface area contributed by atoms with Gasteiger partial charge < -0.3 is 10.6 Å². The SMILES string of the molecule is CC(Nc1ccc2c(c1)-c1ccccc1C2)C(=O)NCC1CCCCC1. The van der Waals surface area contributed by atoms with Crippen LogP contribution in [0.1, 0.15) is 50.2 Å². The first-order chi connectivity index (χ1) is 12.7. The number of carbonyl (C=O) groups excluding carboxylic acids is 1. The second-order valence-corrected chi connectivity index (χ2v) is 7.82. The van der Waals surface area contributed by atoms with Crippen LogP contribution in [-0.2, 0) is 11.2 Å². The lowest BCUT2D eigenvalue weighted by molar-refractivity contribution is -0.121. The Balaban J connectivity index is 1.38. The molecule has 0 aromatic heterocycles. The van der Waals surface area contributed by atoms with Crippen molar-refractivity contribution in [3.05, 3.63) is 53.6 Å². The average molecular weight is 348 g/mol. The molecule has 0 bridgehead atoms. The molecule has 2 aromatic carbocycles. The van der Waals surface area contributed by atoms with Crippen LogP contribution in [0.2, 0.25) is 0 Å². The zero-order valence-electron chi connectivity index (χ0n) is 15.6. The Hall–Kier alpha value is -2.29. The summed E-state index contributed by atoms with van der Waals surface area (Å²) in [5.74, 6) is 0.757. The van der Waals surface area contributed by atoms with Crippen molar-refractivity contribution in [1.29, 1.82) is 0 Å². The number of fused-ring (bicyclic) bond motifs is 3. The van der Waals surface area contributed by atoms with E-state index in [-0.39, 0.29) is 11.9 Å². The molecule has 1 unspecified atom stereocenters. The summed E-state index contributed by atoms with van der Waals surface area (Å²) < 4.78 is 0. The summed E-state index contributed by atoms with van der Waals surface area (Å²) in [6.45, 7) is 2.76. The van der Waals surface area contributed by atoms with E-state index in [4.69, 9.17) is 0 Å². The van der Waals surface area contributed by atoms with Crippen LogP contribution in [0.4, 0.5) is 5.69 Å². The van der Waals surface area contributed by atoms with E-state index in [2.05, 4.69) is 53.1 Å². The molecule has 2 aromatic rings. The zero-order valence-corrected chi connectivity index (χ0v) is 15.6. The lowest BCUT2D eigenvalue weighted by Crippen LogP contribution is -2.40. The fourth-order valence-electron chi connectivity index (χ4n) is 4.32. The summed E-state index contributed by atoms with van der Waals surface area (Å²) in [6, 6.07) is 14.8. The van der Waals surface area contributed by atoms with Gasteiger partial charge in [0, 0.05) is 12.2 Å². The Kier molecular flexibility index (Phi) is 4.96. The molecule has 2 aliphatic rings. The van der Waals surface area contributed by atoms with Crippen LogP contribution >= 0.6 is 0 Å². The summed E-state index contributed by atoms with van der Waals surface area (Å²) in [6.07, 6.45) is 7.49. The minimum Gasteiger partial charge on any atom is -0.374 e. The highest BCUT2D eigenvalue weighted by Crippen LogP contribution is 2.37. The van der Waals surface area contributed by atoms with Gasteiger partial charge in [-0.2, -0.15) is 0 Å². The van der Waals surface area contributed by atoms with Crippen molar-refractivity contribution in [3.8, 4) is 11.1 Å². The maximum absolute atomic E-state index is 12.4. The molecule has 1 saturated carbocycles. The molecule has 0 aliphatic heterocycles. The molecule has 0 spiro atoms. The van der Waals surface area contributed by atoms with Crippen molar-refractivity contribution in [1.82, 2.24) is 5.32 Å². The molecule has 136 valence electrons. The minimum atomic E-state index is -0.228. The van der Waals surface area contributed by atoms with E-state index in [9.17, 15) is 4.79 Å². The maximum atomic E-state index is 12.4. The molecule has 0 heterocycles. The van der Waals surface area contributed by atoms with Crippen LogP contribution < -0.4 is 10.6 Å². The second-order valence-electron chi connectivity index (χ2n) is 7.82. The predicted molar refractivity (Wildman–Crippen MR) is 107 cm³/mol. The largest absolute Gasteiger partial charge is 0.374 e. The smallest absolute Gasteiger partial charge is 0.242 e. The molecule has 0 saturated heterocycles. The van der Waals surface area contributed by atoms with Crippen molar-refractivity contribution in [2.24, 2.45) is 5.92 Å². The molecule has 1 amide bonds. The Bertz CT molecular complexity index is 793. The first-order valence-corrected chi connectivity index (χ1v) is 9.96. The Morgan fingerprint density at radius 3 is 2.65 bits per heavy atom. The quantitative estimate of drug-likeness (QED) is 0.698. The van der Waals surface area contributed by atoms with Crippen LogP contribution in [0, 0.1) is 5.92 Å². The summed E-state index contributed by atoms with van der Waals surface area (Å²) in [7, 11) is 0. The summed E-state index contributed by atoms with van der Waals surface area (Å²) in [5, 5.41) is 6.52. The molecule has 3 nitrogen and oxygen atoms in total. The highest BCUT2D eigenvalue weighted by Gasteiger charge is 2.20. The number of amides is 1. The van der Waals surface area contributed by atoms with Gasteiger partial charge in [0.1, 0.15) is 6.04 Å². The van der Waals surface area contributed by atoms with Gasteiger partial charge in [-0.15, -0.1) is 0 Å². The molecule has 3 heteroatoms. The number of hydrogen-bond acceptors (Lipinski definition) is 2. The highest BCUT2D eigenvalue weighted by atomic mass is 16.2. The third-order valence-electron chi connectivity index (χ3n) is 5.86. The number of nitrogens with one attached hydrogen (secondary N) is 2. The maximum Gasteiger partial charge on any atom is 0.242 e. The van der Waals surface area contributed by atoms with Gasteiger partial charge in [0.25, 0.3) is 0 Å². The van der Waals surface area contributed by atoms with E-state index >= 15 is 0 Å². The monoisotopic (exact) mass is 348 g/mol. The standard InChI is InChI=1S/C23H28N2O/c1-16(23(26)24-15-17-7-3-2-4-8-17)25-20-12-11-19-13-18-9-5-6-10-21(18)22(19)14-20/h5-6,9-12,14,16-17,25H,2-4,7-8,13,15H2,1H3,(H,24,26). The van der Waals surface area contributed by atoms with E-state index in [0.717, 1.165) is 18.7 Å². The zero-order chi connectivity index (χ0) is 17.9. The summed E-state index contributed by atoms with van der Waals surface area (Å²) in [4.78, 5) is 12.4. The van der Waals surface area contributed by atoms with Crippen LogP contribution in [0.5, 0.6) is 0 Å². The van der Waals surface area contributed by atoms with E-state index in [1.54, 1.807) is 0 Å². The van der Waals surface area contributed by atoms with Crippen LogP contribution in [0.15, 0.2) is 42.5 Å². The van der Waals surface area contributed by atoms with E-state index in [0.29, 0.717) is 5.92 Å². The number of rotatable bonds is 5. The average Bonchev–Trinajstić information content (AvgIpc) is 3.05. The molecule has 1 atom stereocenters. The van der Waals surface area contributed by atoms with E-state index < -0.39 is 0 Å². The van der Waals surface area contributed by atoms with Gasteiger partial charge in [0.2, 0.25) is 5.91 Å². The number of anilines is 1. The number of hydrogen-bond donors (Lipinski definition) is 2. The van der Waals surface area contributed by atoms with Gasteiger partial charge >= 0.3 is 0 Å². The third-order valence-corrected chi connectivity index (χ3v) is 5.86. The van der Waals surface area contributed by atoms with Crippen molar-refractivity contribution < 1.29 is 4.79 Å². The minimum absolute atomic E-state index is 0.0940. The van der Waals surface area contributed by atoms with Crippen molar-refractivity contribution in [2.75, 3.05) is 11.9 Å². The Labute approximate surface area is 156 Å². The van der Waals surface area contributed by atoms with Gasteiger partial charge in [-0.25, -0.2) is 0 Å². The van der Waals surface area contributed by atoms with Crippen LogP contribution in [0.3, 0.4) is 0 Å². The molecule has 2 N–H and O–H groups in total. The van der Waals surface area contributed by atoms with Crippen LogP contribution in [-0.4, -0.2) is 18.5 Å². The van der Waals surface area contributed by atoms with Gasteiger partial charge in [0.15, 0.2) is 0 Å². The Morgan fingerprint density at radius 2 is 1.81 bits per heavy atom. The topological polar surface area (TPSA) is 41.1 Å². The van der Waals surface area contributed by atoms with Gasteiger partial charge in [0.05, 0.1) is 0 Å².